The monoisotopic (exact) mass is 335 g/mol. The highest BCUT2D eigenvalue weighted by Crippen LogP contribution is 2.32. The van der Waals surface area contributed by atoms with Crippen LogP contribution in [0, 0.1) is 6.92 Å². The lowest BCUT2D eigenvalue weighted by Crippen LogP contribution is -2.30. The summed E-state index contributed by atoms with van der Waals surface area (Å²) in [5.74, 6) is 0.901. The number of rotatable bonds is 2. The minimum absolute atomic E-state index is 0.226. The Morgan fingerprint density at radius 2 is 2.25 bits per heavy atom. The molecule has 1 aliphatic heterocycles. The fourth-order valence-electron chi connectivity index (χ4n) is 2.79. The normalized spacial score (nSPS) is 17.9. The number of benzene rings is 1. The molecule has 1 atom stereocenters. The van der Waals surface area contributed by atoms with E-state index in [9.17, 15) is 0 Å². The minimum atomic E-state index is 0.226. The zero-order chi connectivity index (χ0) is 14.3. The van der Waals surface area contributed by atoms with Gasteiger partial charge in [0.25, 0.3) is 0 Å². The van der Waals surface area contributed by atoms with Gasteiger partial charge in [-0.2, -0.15) is 0 Å². The highest BCUT2D eigenvalue weighted by molar-refractivity contribution is 9.10. The third-order valence-electron chi connectivity index (χ3n) is 3.87. The number of aryl methyl sites for hydroxylation is 1. The van der Waals surface area contributed by atoms with Gasteiger partial charge >= 0.3 is 0 Å². The Labute approximate surface area is 127 Å². The second-order valence-corrected chi connectivity index (χ2v) is 5.97. The van der Waals surface area contributed by atoms with Gasteiger partial charge in [-0.15, -0.1) is 0 Å². The maximum absolute atomic E-state index is 6.10. The van der Waals surface area contributed by atoms with E-state index in [0.29, 0.717) is 0 Å². The summed E-state index contributed by atoms with van der Waals surface area (Å²) in [6.45, 7) is 2.98. The van der Waals surface area contributed by atoms with Crippen LogP contribution in [0.5, 0.6) is 5.75 Å². The molecule has 0 aliphatic carbocycles. The molecular formula is C15H18BrN3O. The van der Waals surface area contributed by atoms with Crippen molar-refractivity contribution in [1.29, 1.82) is 0 Å². The number of ether oxygens (including phenoxy) is 1. The van der Waals surface area contributed by atoms with Crippen LogP contribution in [0.2, 0.25) is 0 Å². The van der Waals surface area contributed by atoms with E-state index in [2.05, 4.69) is 37.6 Å². The number of hydrogen-bond acceptors (Lipinski definition) is 3. The predicted octanol–water partition coefficient (Wildman–Crippen LogP) is 2.90. The van der Waals surface area contributed by atoms with Gasteiger partial charge in [0, 0.05) is 30.3 Å². The molecule has 20 heavy (non-hydrogen) atoms. The third-order valence-corrected chi connectivity index (χ3v) is 4.48. The van der Waals surface area contributed by atoms with E-state index in [1.54, 1.807) is 7.11 Å². The molecule has 2 N–H and O–H groups in total. The molecule has 2 heterocycles. The van der Waals surface area contributed by atoms with Crippen LogP contribution in [0.25, 0.3) is 11.3 Å². The largest absolute Gasteiger partial charge is 0.496 e. The topological polar surface area (TPSA) is 53.1 Å². The van der Waals surface area contributed by atoms with Crippen LogP contribution >= 0.6 is 15.9 Å². The molecule has 5 heteroatoms. The Morgan fingerprint density at radius 3 is 2.95 bits per heavy atom. The third kappa shape index (κ3) is 2.25. The van der Waals surface area contributed by atoms with Gasteiger partial charge in [-0.25, -0.2) is 4.98 Å². The van der Waals surface area contributed by atoms with Gasteiger partial charge in [-0.1, -0.05) is 0 Å². The molecule has 4 nitrogen and oxygen atoms in total. The summed E-state index contributed by atoms with van der Waals surface area (Å²) in [4.78, 5) is 4.68. The standard InChI is InChI=1S/C15H18BrN3O/c1-9-7-10(3-4-13(9)20-2)14-12-8-11(17)5-6-19(12)15(16)18-14/h3-4,7,11H,5-6,8,17H2,1-2H3. The summed E-state index contributed by atoms with van der Waals surface area (Å²) in [5, 5.41) is 0. The molecule has 0 radical (unpaired) electrons. The number of aromatic nitrogens is 2. The summed E-state index contributed by atoms with van der Waals surface area (Å²) in [6, 6.07) is 6.40. The van der Waals surface area contributed by atoms with Crippen molar-refractivity contribution in [2.75, 3.05) is 7.11 Å². The van der Waals surface area contributed by atoms with Crippen LogP contribution in [0.3, 0.4) is 0 Å². The average Bonchev–Trinajstić information content (AvgIpc) is 2.75. The molecule has 1 aromatic heterocycles. The Hall–Kier alpha value is -1.33. The highest BCUT2D eigenvalue weighted by atomic mass is 79.9. The Balaban J connectivity index is 2.09. The first kappa shape index (κ1) is 13.6. The van der Waals surface area contributed by atoms with Crippen molar-refractivity contribution in [2.24, 2.45) is 5.73 Å². The van der Waals surface area contributed by atoms with Crippen LogP contribution in [-0.4, -0.2) is 22.7 Å². The van der Waals surface area contributed by atoms with E-state index in [0.717, 1.165) is 46.7 Å². The van der Waals surface area contributed by atoms with Gasteiger partial charge in [-0.3, -0.25) is 0 Å². The number of methoxy groups -OCH3 is 1. The molecule has 0 amide bonds. The molecule has 0 fully saturated rings. The fraction of sp³-hybridized carbons (Fsp3) is 0.400. The first-order chi connectivity index (χ1) is 9.60. The first-order valence-corrected chi connectivity index (χ1v) is 7.55. The summed E-state index contributed by atoms with van der Waals surface area (Å²) in [5.41, 5.74) is 10.6. The molecule has 106 valence electrons. The molecule has 0 bridgehead atoms. The number of nitrogens with zero attached hydrogens (tertiary/aromatic N) is 2. The van der Waals surface area contributed by atoms with Crippen molar-refractivity contribution >= 4 is 15.9 Å². The summed E-state index contributed by atoms with van der Waals surface area (Å²) in [7, 11) is 1.69. The second-order valence-electron chi connectivity index (χ2n) is 5.27. The molecule has 1 aromatic carbocycles. The number of imidazole rings is 1. The molecule has 1 aliphatic rings. The van der Waals surface area contributed by atoms with Crippen molar-refractivity contribution in [3.63, 3.8) is 0 Å². The van der Waals surface area contributed by atoms with Gasteiger partial charge in [-0.05, 0) is 53.0 Å². The summed E-state index contributed by atoms with van der Waals surface area (Å²) in [6.07, 6.45) is 1.88. The summed E-state index contributed by atoms with van der Waals surface area (Å²) >= 11 is 3.55. The number of hydrogen-bond donors (Lipinski definition) is 1. The van der Waals surface area contributed by atoms with Crippen molar-refractivity contribution < 1.29 is 4.74 Å². The SMILES string of the molecule is COc1ccc(-c2nc(Br)n3c2CC(N)CC3)cc1C. The maximum atomic E-state index is 6.10. The Bertz CT molecular complexity index is 651. The van der Waals surface area contributed by atoms with Crippen molar-refractivity contribution in [1.82, 2.24) is 9.55 Å². The van der Waals surface area contributed by atoms with Gasteiger partial charge in [0.2, 0.25) is 0 Å². The Morgan fingerprint density at radius 1 is 1.45 bits per heavy atom. The van der Waals surface area contributed by atoms with Crippen LogP contribution < -0.4 is 10.5 Å². The molecule has 0 spiro atoms. The lowest BCUT2D eigenvalue weighted by Gasteiger charge is -2.21. The van der Waals surface area contributed by atoms with Crippen LogP contribution in [-0.2, 0) is 13.0 Å². The van der Waals surface area contributed by atoms with Crippen molar-refractivity contribution in [3.8, 4) is 17.0 Å². The molecule has 0 saturated heterocycles. The van der Waals surface area contributed by atoms with E-state index in [4.69, 9.17) is 10.5 Å². The smallest absolute Gasteiger partial charge is 0.177 e. The molecular weight excluding hydrogens is 318 g/mol. The predicted molar refractivity (Wildman–Crippen MR) is 82.9 cm³/mol. The van der Waals surface area contributed by atoms with Crippen LogP contribution in [0.1, 0.15) is 17.7 Å². The molecule has 2 aromatic rings. The number of fused-ring (bicyclic) bond motifs is 1. The summed E-state index contributed by atoms with van der Waals surface area (Å²) < 4.78 is 8.43. The van der Waals surface area contributed by atoms with E-state index < -0.39 is 0 Å². The lowest BCUT2D eigenvalue weighted by atomic mass is 9.99. The molecule has 0 saturated carbocycles. The van der Waals surface area contributed by atoms with Gasteiger partial charge in [0.15, 0.2) is 4.73 Å². The quantitative estimate of drug-likeness (QED) is 0.917. The van der Waals surface area contributed by atoms with Gasteiger partial charge in [0.1, 0.15) is 5.75 Å². The number of halogens is 1. The minimum Gasteiger partial charge on any atom is -0.496 e. The van der Waals surface area contributed by atoms with Crippen molar-refractivity contribution in [2.45, 2.75) is 32.4 Å². The average molecular weight is 336 g/mol. The van der Waals surface area contributed by atoms with Gasteiger partial charge in [0.05, 0.1) is 12.8 Å². The highest BCUT2D eigenvalue weighted by Gasteiger charge is 2.23. The van der Waals surface area contributed by atoms with E-state index in [1.165, 1.54) is 5.69 Å². The van der Waals surface area contributed by atoms with Gasteiger partial charge < -0.3 is 15.0 Å². The maximum Gasteiger partial charge on any atom is 0.177 e. The molecule has 3 rings (SSSR count). The van der Waals surface area contributed by atoms with E-state index >= 15 is 0 Å². The second kappa shape index (κ2) is 5.22. The zero-order valence-electron chi connectivity index (χ0n) is 11.7. The Kier molecular flexibility index (Phi) is 3.56. The number of nitrogens with two attached hydrogens (primary N) is 1. The van der Waals surface area contributed by atoms with E-state index in [-0.39, 0.29) is 6.04 Å². The molecule has 1 unspecified atom stereocenters. The van der Waals surface area contributed by atoms with E-state index in [1.807, 2.05) is 13.0 Å². The van der Waals surface area contributed by atoms with Crippen LogP contribution in [0.4, 0.5) is 0 Å². The first-order valence-electron chi connectivity index (χ1n) is 6.75. The fourth-order valence-corrected chi connectivity index (χ4v) is 3.36. The zero-order valence-corrected chi connectivity index (χ0v) is 13.3. The lowest BCUT2D eigenvalue weighted by molar-refractivity contribution is 0.412. The van der Waals surface area contributed by atoms with Crippen molar-refractivity contribution in [3.05, 3.63) is 34.2 Å². The van der Waals surface area contributed by atoms with Crippen LogP contribution in [0.15, 0.2) is 22.9 Å².